The third-order valence-corrected chi connectivity index (χ3v) is 3.20. The quantitative estimate of drug-likeness (QED) is 0.761. The third kappa shape index (κ3) is 5.06. The van der Waals surface area contributed by atoms with Gasteiger partial charge in [-0.15, -0.1) is 0 Å². The number of rotatable bonds is 7. The van der Waals surface area contributed by atoms with Crippen LogP contribution in [0.5, 0.6) is 5.75 Å². The first kappa shape index (κ1) is 15.0. The zero-order chi connectivity index (χ0) is 13.4. The molecule has 0 aliphatic rings. The zero-order valence-electron chi connectivity index (χ0n) is 10.5. The first-order valence-corrected chi connectivity index (χ1v) is 6.80. The van der Waals surface area contributed by atoms with Crippen molar-refractivity contribution >= 4 is 27.5 Å². The van der Waals surface area contributed by atoms with E-state index in [0.717, 1.165) is 29.4 Å². The molecule has 0 heterocycles. The predicted octanol–water partition coefficient (Wildman–Crippen LogP) is 2.92. The molecule has 1 amide bonds. The van der Waals surface area contributed by atoms with Crippen LogP contribution in [-0.4, -0.2) is 19.6 Å². The number of unbranched alkanes of at least 4 members (excludes halogenated alkanes) is 2. The molecular formula is C13H19BrN2O2. The second kappa shape index (κ2) is 8.11. The molecule has 0 saturated heterocycles. The molecule has 0 spiro atoms. The Labute approximate surface area is 116 Å². The lowest BCUT2D eigenvalue weighted by molar-refractivity contribution is -0.116. The third-order valence-electron chi connectivity index (χ3n) is 2.54. The Bertz CT molecular complexity index is 397. The van der Waals surface area contributed by atoms with Gasteiger partial charge in [0.25, 0.3) is 0 Å². The van der Waals surface area contributed by atoms with E-state index in [9.17, 15) is 4.79 Å². The van der Waals surface area contributed by atoms with Crippen LogP contribution in [0.15, 0.2) is 22.7 Å². The molecular weight excluding hydrogens is 296 g/mol. The Kier molecular flexibility index (Phi) is 6.75. The summed E-state index contributed by atoms with van der Waals surface area (Å²) < 4.78 is 6.03. The molecule has 0 aliphatic heterocycles. The largest absolute Gasteiger partial charge is 0.495 e. The molecule has 0 bridgehead atoms. The van der Waals surface area contributed by atoms with Crippen molar-refractivity contribution in [2.75, 3.05) is 19.0 Å². The van der Waals surface area contributed by atoms with Crippen LogP contribution in [0.1, 0.15) is 25.7 Å². The van der Waals surface area contributed by atoms with Gasteiger partial charge in [0.15, 0.2) is 0 Å². The summed E-state index contributed by atoms with van der Waals surface area (Å²) in [4.78, 5) is 11.7. The van der Waals surface area contributed by atoms with Gasteiger partial charge in [-0.3, -0.25) is 4.79 Å². The van der Waals surface area contributed by atoms with Crippen molar-refractivity contribution in [2.45, 2.75) is 25.7 Å². The molecule has 0 fully saturated rings. The van der Waals surface area contributed by atoms with Crippen LogP contribution in [0.3, 0.4) is 0 Å². The Morgan fingerprint density at radius 3 is 2.83 bits per heavy atom. The molecule has 1 aromatic rings. The standard InChI is InChI=1S/C13H19BrN2O2/c1-18-12-9-10(6-7-11(12)14)16-13(17)5-3-2-4-8-15/h6-7,9H,2-5,8,15H2,1H3,(H,16,17). The van der Waals surface area contributed by atoms with E-state index < -0.39 is 0 Å². The van der Waals surface area contributed by atoms with Crippen LogP contribution < -0.4 is 15.8 Å². The summed E-state index contributed by atoms with van der Waals surface area (Å²) in [7, 11) is 1.60. The summed E-state index contributed by atoms with van der Waals surface area (Å²) in [6, 6.07) is 5.48. The highest BCUT2D eigenvalue weighted by atomic mass is 79.9. The zero-order valence-corrected chi connectivity index (χ0v) is 12.1. The monoisotopic (exact) mass is 314 g/mol. The van der Waals surface area contributed by atoms with Gasteiger partial charge in [0.05, 0.1) is 11.6 Å². The topological polar surface area (TPSA) is 64.3 Å². The average molecular weight is 315 g/mol. The number of benzene rings is 1. The molecule has 5 heteroatoms. The highest BCUT2D eigenvalue weighted by Gasteiger charge is 2.05. The average Bonchev–Trinajstić information content (AvgIpc) is 2.37. The molecule has 0 radical (unpaired) electrons. The number of methoxy groups -OCH3 is 1. The number of halogens is 1. The smallest absolute Gasteiger partial charge is 0.224 e. The molecule has 4 nitrogen and oxygen atoms in total. The summed E-state index contributed by atoms with van der Waals surface area (Å²) in [5, 5.41) is 2.85. The highest BCUT2D eigenvalue weighted by Crippen LogP contribution is 2.27. The van der Waals surface area contributed by atoms with Gasteiger partial charge in [-0.05, 0) is 47.4 Å². The Balaban J connectivity index is 2.44. The predicted molar refractivity (Wildman–Crippen MR) is 76.8 cm³/mol. The summed E-state index contributed by atoms with van der Waals surface area (Å²) in [5.41, 5.74) is 6.15. The number of hydrogen-bond donors (Lipinski definition) is 2. The van der Waals surface area contributed by atoms with Crippen molar-refractivity contribution in [3.05, 3.63) is 22.7 Å². The van der Waals surface area contributed by atoms with Crippen LogP contribution in [0, 0.1) is 0 Å². The summed E-state index contributed by atoms with van der Waals surface area (Å²) in [6.45, 7) is 0.686. The first-order valence-electron chi connectivity index (χ1n) is 6.01. The van der Waals surface area contributed by atoms with E-state index in [-0.39, 0.29) is 5.91 Å². The SMILES string of the molecule is COc1cc(NC(=O)CCCCCN)ccc1Br. The Morgan fingerprint density at radius 1 is 1.39 bits per heavy atom. The number of amides is 1. The minimum absolute atomic E-state index is 0.0244. The molecule has 0 saturated carbocycles. The summed E-state index contributed by atoms with van der Waals surface area (Å²) >= 11 is 3.37. The van der Waals surface area contributed by atoms with Crippen LogP contribution >= 0.6 is 15.9 Å². The van der Waals surface area contributed by atoms with Gasteiger partial charge in [0.2, 0.25) is 5.91 Å². The fraction of sp³-hybridized carbons (Fsp3) is 0.462. The maximum Gasteiger partial charge on any atom is 0.224 e. The van der Waals surface area contributed by atoms with E-state index in [0.29, 0.717) is 18.7 Å². The molecule has 0 aromatic heterocycles. The van der Waals surface area contributed by atoms with Gasteiger partial charge in [0.1, 0.15) is 5.75 Å². The van der Waals surface area contributed by atoms with Crippen LogP contribution in [0.4, 0.5) is 5.69 Å². The van der Waals surface area contributed by atoms with E-state index in [1.54, 1.807) is 13.2 Å². The lowest BCUT2D eigenvalue weighted by Crippen LogP contribution is -2.11. The van der Waals surface area contributed by atoms with Crippen molar-refractivity contribution in [3.63, 3.8) is 0 Å². The lowest BCUT2D eigenvalue weighted by atomic mass is 10.2. The molecule has 0 aliphatic carbocycles. The highest BCUT2D eigenvalue weighted by molar-refractivity contribution is 9.10. The number of hydrogen-bond acceptors (Lipinski definition) is 3. The van der Waals surface area contributed by atoms with E-state index in [1.807, 2.05) is 12.1 Å². The van der Waals surface area contributed by atoms with E-state index >= 15 is 0 Å². The van der Waals surface area contributed by atoms with Crippen molar-refractivity contribution in [3.8, 4) is 5.75 Å². The van der Waals surface area contributed by atoms with Gasteiger partial charge in [-0.25, -0.2) is 0 Å². The van der Waals surface area contributed by atoms with Gasteiger partial charge < -0.3 is 15.8 Å². The van der Waals surface area contributed by atoms with Crippen LogP contribution in [0.25, 0.3) is 0 Å². The molecule has 0 atom stereocenters. The number of nitrogens with two attached hydrogens (primary N) is 1. The van der Waals surface area contributed by atoms with Gasteiger partial charge in [-0.1, -0.05) is 6.42 Å². The molecule has 3 N–H and O–H groups in total. The van der Waals surface area contributed by atoms with Gasteiger partial charge >= 0.3 is 0 Å². The number of ether oxygens (including phenoxy) is 1. The molecule has 18 heavy (non-hydrogen) atoms. The van der Waals surface area contributed by atoms with Crippen LogP contribution in [0.2, 0.25) is 0 Å². The fourth-order valence-corrected chi connectivity index (χ4v) is 1.98. The van der Waals surface area contributed by atoms with Crippen molar-refractivity contribution < 1.29 is 9.53 Å². The fourth-order valence-electron chi connectivity index (χ4n) is 1.57. The number of nitrogens with one attached hydrogen (secondary N) is 1. The van der Waals surface area contributed by atoms with Crippen molar-refractivity contribution in [1.82, 2.24) is 0 Å². The second-order valence-electron chi connectivity index (χ2n) is 4.00. The Hall–Kier alpha value is -1.07. The minimum atomic E-state index is 0.0244. The molecule has 0 unspecified atom stereocenters. The number of carbonyl (C=O) groups is 1. The molecule has 100 valence electrons. The van der Waals surface area contributed by atoms with Gasteiger partial charge in [0, 0.05) is 18.2 Å². The Morgan fingerprint density at radius 2 is 2.17 bits per heavy atom. The number of carbonyl (C=O) groups excluding carboxylic acids is 1. The van der Waals surface area contributed by atoms with Crippen LogP contribution in [-0.2, 0) is 4.79 Å². The molecule has 1 aromatic carbocycles. The first-order chi connectivity index (χ1) is 8.67. The lowest BCUT2D eigenvalue weighted by Gasteiger charge is -2.08. The maximum absolute atomic E-state index is 11.7. The maximum atomic E-state index is 11.7. The summed E-state index contributed by atoms with van der Waals surface area (Å²) in [5.74, 6) is 0.729. The van der Waals surface area contributed by atoms with E-state index in [2.05, 4.69) is 21.2 Å². The minimum Gasteiger partial charge on any atom is -0.495 e. The van der Waals surface area contributed by atoms with Crippen molar-refractivity contribution in [2.24, 2.45) is 5.73 Å². The molecule has 1 rings (SSSR count). The van der Waals surface area contributed by atoms with E-state index in [1.165, 1.54) is 0 Å². The second-order valence-corrected chi connectivity index (χ2v) is 4.85. The van der Waals surface area contributed by atoms with Gasteiger partial charge in [-0.2, -0.15) is 0 Å². The summed E-state index contributed by atoms with van der Waals surface area (Å²) in [6.07, 6.45) is 3.36. The normalized spacial score (nSPS) is 10.2. The van der Waals surface area contributed by atoms with E-state index in [4.69, 9.17) is 10.5 Å². The van der Waals surface area contributed by atoms with Crippen molar-refractivity contribution in [1.29, 1.82) is 0 Å². The number of anilines is 1.